The van der Waals surface area contributed by atoms with Crippen molar-refractivity contribution in [1.29, 1.82) is 0 Å². The summed E-state index contributed by atoms with van der Waals surface area (Å²) in [6, 6.07) is 10.9. The van der Waals surface area contributed by atoms with Gasteiger partial charge >= 0.3 is 5.97 Å². The van der Waals surface area contributed by atoms with Gasteiger partial charge in [-0.1, -0.05) is 6.07 Å². The van der Waals surface area contributed by atoms with Crippen LogP contribution < -0.4 is 16.2 Å². The van der Waals surface area contributed by atoms with Crippen LogP contribution >= 0.6 is 0 Å². The lowest BCUT2D eigenvalue weighted by Gasteiger charge is -2.10. The van der Waals surface area contributed by atoms with Crippen molar-refractivity contribution in [1.82, 2.24) is 0 Å². The summed E-state index contributed by atoms with van der Waals surface area (Å²) in [6.07, 6.45) is 0. The van der Waals surface area contributed by atoms with Crippen LogP contribution in [0.3, 0.4) is 0 Å². The average Bonchev–Trinajstić information content (AvgIpc) is 2.49. The quantitative estimate of drug-likeness (QED) is 0.660. The summed E-state index contributed by atoms with van der Waals surface area (Å²) in [5.74, 6) is -0.373. The second-order valence-corrected chi connectivity index (χ2v) is 4.24. The van der Waals surface area contributed by atoms with Crippen molar-refractivity contribution in [3.05, 3.63) is 53.6 Å². The first kappa shape index (κ1) is 14.4. The minimum Gasteiger partial charge on any atom is -0.465 e. The zero-order chi connectivity index (χ0) is 15.4. The van der Waals surface area contributed by atoms with Crippen LogP contribution in [0, 0.1) is 0 Å². The number of carbonyl (C=O) groups excluding carboxylic acids is 2. The maximum absolute atomic E-state index is 11.5. The van der Waals surface area contributed by atoms with Gasteiger partial charge in [0.05, 0.1) is 18.4 Å². The molecule has 1 amide bonds. The van der Waals surface area contributed by atoms with Crippen LogP contribution in [0.25, 0.3) is 0 Å². The molecular formula is C15H14N2O4. The van der Waals surface area contributed by atoms with Crippen LogP contribution in [0.2, 0.25) is 0 Å². The van der Waals surface area contributed by atoms with E-state index in [2.05, 4.69) is 4.74 Å². The number of primary amides is 1. The standard InChI is InChI=1S/C15H14N2O4/c1-20-15(19)10-5-6-12(16)13(8-10)21-11-4-2-3-9(7-11)14(17)18/h2-8H,16H2,1H3,(H2,17,18). The van der Waals surface area contributed by atoms with E-state index in [-0.39, 0.29) is 0 Å². The molecule has 0 unspecified atom stereocenters. The molecule has 0 aliphatic rings. The molecule has 6 nitrogen and oxygen atoms in total. The van der Waals surface area contributed by atoms with E-state index in [1.807, 2.05) is 0 Å². The molecule has 6 heteroatoms. The smallest absolute Gasteiger partial charge is 0.337 e. The van der Waals surface area contributed by atoms with E-state index < -0.39 is 11.9 Å². The van der Waals surface area contributed by atoms with Gasteiger partial charge in [-0.05, 0) is 36.4 Å². The van der Waals surface area contributed by atoms with Crippen LogP contribution in [-0.2, 0) is 4.74 Å². The second-order valence-electron chi connectivity index (χ2n) is 4.24. The molecular weight excluding hydrogens is 272 g/mol. The summed E-state index contributed by atoms with van der Waals surface area (Å²) in [4.78, 5) is 22.6. The molecule has 0 aliphatic carbocycles. The molecule has 2 aromatic rings. The molecule has 0 spiro atoms. The van der Waals surface area contributed by atoms with E-state index in [9.17, 15) is 9.59 Å². The first-order valence-electron chi connectivity index (χ1n) is 6.07. The van der Waals surface area contributed by atoms with Gasteiger partial charge in [0.2, 0.25) is 5.91 Å². The van der Waals surface area contributed by atoms with E-state index in [1.165, 1.54) is 25.3 Å². The van der Waals surface area contributed by atoms with Crippen molar-refractivity contribution >= 4 is 17.6 Å². The first-order valence-corrected chi connectivity index (χ1v) is 6.07. The fraction of sp³-hybridized carbons (Fsp3) is 0.0667. The molecule has 0 saturated heterocycles. The van der Waals surface area contributed by atoms with Crippen LogP contribution in [-0.4, -0.2) is 19.0 Å². The van der Waals surface area contributed by atoms with Gasteiger partial charge in [0.25, 0.3) is 0 Å². The van der Waals surface area contributed by atoms with Crippen LogP contribution in [0.5, 0.6) is 11.5 Å². The van der Waals surface area contributed by atoms with Crippen molar-refractivity contribution in [3.63, 3.8) is 0 Å². The molecule has 0 fully saturated rings. The predicted octanol–water partition coefficient (Wildman–Crippen LogP) is 1.95. The van der Waals surface area contributed by atoms with Crippen LogP contribution in [0.15, 0.2) is 42.5 Å². The summed E-state index contributed by atoms with van der Waals surface area (Å²) in [5, 5.41) is 0. The Hall–Kier alpha value is -3.02. The topological polar surface area (TPSA) is 105 Å². The average molecular weight is 286 g/mol. The van der Waals surface area contributed by atoms with Crippen LogP contribution in [0.1, 0.15) is 20.7 Å². The highest BCUT2D eigenvalue weighted by Crippen LogP contribution is 2.29. The number of benzene rings is 2. The monoisotopic (exact) mass is 286 g/mol. The highest BCUT2D eigenvalue weighted by Gasteiger charge is 2.11. The third-order valence-corrected chi connectivity index (χ3v) is 2.78. The molecule has 108 valence electrons. The van der Waals surface area contributed by atoms with Crippen molar-refractivity contribution in [3.8, 4) is 11.5 Å². The molecule has 0 atom stereocenters. The summed E-state index contributed by atoms with van der Waals surface area (Å²) in [7, 11) is 1.29. The first-order chi connectivity index (χ1) is 10.0. The summed E-state index contributed by atoms with van der Waals surface area (Å²) in [6.45, 7) is 0. The van der Waals surface area contributed by atoms with Gasteiger partial charge in [0, 0.05) is 5.56 Å². The fourth-order valence-electron chi connectivity index (χ4n) is 1.71. The van der Waals surface area contributed by atoms with Crippen molar-refractivity contribution in [2.45, 2.75) is 0 Å². The Labute approximate surface area is 121 Å². The van der Waals surface area contributed by atoms with Gasteiger partial charge in [-0.25, -0.2) is 4.79 Å². The van der Waals surface area contributed by atoms with Crippen LogP contribution in [0.4, 0.5) is 5.69 Å². The molecule has 21 heavy (non-hydrogen) atoms. The predicted molar refractivity (Wildman–Crippen MR) is 77.2 cm³/mol. The van der Waals surface area contributed by atoms with Gasteiger partial charge in [-0.15, -0.1) is 0 Å². The van der Waals surface area contributed by atoms with Gasteiger partial charge in [-0.3, -0.25) is 4.79 Å². The van der Waals surface area contributed by atoms with E-state index in [0.717, 1.165) is 0 Å². The lowest BCUT2D eigenvalue weighted by molar-refractivity contribution is 0.0600. The molecule has 0 saturated carbocycles. The number of methoxy groups -OCH3 is 1. The Morgan fingerprint density at radius 1 is 1.05 bits per heavy atom. The molecule has 2 rings (SSSR count). The van der Waals surface area contributed by atoms with E-state index >= 15 is 0 Å². The van der Waals surface area contributed by atoms with Crippen molar-refractivity contribution in [2.24, 2.45) is 5.73 Å². The normalized spacial score (nSPS) is 9.95. The van der Waals surface area contributed by atoms with Gasteiger partial charge in [0.15, 0.2) is 5.75 Å². The molecule has 0 heterocycles. The Morgan fingerprint density at radius 3 is 2.48 bits per heavy atom. The Kier molecular flexibility index (Phi) is 4.08. The third-order valence-electron chi connectivity index (χ3n) is 2.78. The highest BCUT2D eigenvalue weighted by molar-refractivity contribution is 5.93. The summed E-state index contributed by atoms with van der Waals surface area (Å²) < 4.78 is 10.2. The largest absolute Gasteiger partial charge is 0.465 e. The number of ether oxygens (including phenoxy) is 2. The molecule has 0 aliphatic heterocycles. The van der Waals surface area contributed by atoms with Crippen molar-refractivity contribution < 1.29 is 19.1 Å². The van der Waals surface area contributed by atoms with E-state index in [0.29, 0.717) is 28.3 Å². The SMILES string of the molecule is COC(=O)c1ccc(N)c(Oc2cccc(C(N)=O)c2)c1. The number of hydrogen-bond donors (Lipinski definition) is 2. The summed E-state index contributed by atoms with van der Waals surface area (Å²) in [5.41, 5.74) is 12.0. The zero-order valence-electron chi connectivity index (χ0n) is 11.3. The number of nitrogens with two attached hydrogens (primary N) is 2. The molecule has 2 aromatic carbocycles. The minimum atomic E-state index is -0.559. The Morgan fingerprint density at radius 2 is 1.81 bits per heavy atom. The lowest BCUT2D eigenvalue weighted by atomic mass is 10.2. The Bertz CT molecular complexity index is 698. The third kappa shape index (κ3) is 3.30. The Balaban J connectivity index is 2.32. The number of hydrogen-bond acceptors (Lipinski definition) is 5. The van der Waals surface area contributed by atoms with Gasteiger partial charge in [-0.2, -0.15) is 0 Å². The number of nitrogen functional groups attached to an aromatic ring is 1. The number of rotatable bonds is 4. The van der Waals surface area contributed by atoms with Crippen molar-refractivity contribution in [2.75, 3.05) is 12.8 Å². The number of amides is 1. The summed E-state index contributed by atoms with van der Waals surface area (Å²) >= 11 is 0. The fourth-order valence-corrected chi connectivity index (χ4v) is 1.71. The lowest BCUT2D eigenvalue weighted by Crippen LogP contribution is -2.10. The minimum absolute atomic E-state index is 0.291. The maximum Gasteiger partial charge on any atom is 0.337 e. The van der Waals surface area contributed by atoms with Gasteiger partial charge in [0.1, 0.15) is 5.75 Å². The molecule has 4 N–H and O–H groups in total. The second kappa shape index (κ2) is 5.96. The number of anilines is 1. The highest BCUT2D eigenvalue weighted by atomic mass is 16.5. The van der Waals surface area contributed by atoms with E-state index in [4.69, 9.17) is 16.2 Å². The van der Waals surface area contributed by atoms with Gasteiger partial charge < -0.3 is 20.9 Å². The zero-order valence-corrected chi connectivity index (χ0v) is 11.3. The molecule has 0 bridgehead atoms. The van der Waals surface area contributed by atoms with E-state index in [1.54, 1.807) is 24.3 Å². The number of esters is 1. The molecule has 0 aromatic heterocycles. The molecule has 0 radical (unpaired) electrons. The number of carbonyl (C=O) groups is 2. The maximum atomic E-state index is 11.5.